The fourth-order valence-corrected chi connectivity index (χ4v) is 3.56. The molecular weight excluding hydrogens is 422 g/mol. The second-order valence-electron chi connectivity index (χ2n) is 8.96. The quantitative estimate of drug-likeness (QED) is 0.715. The lowest BCUT2D eigenvalue weighted by Crippen LogP contribution is -2.44. The first-order valence-corrected chi connectivity index (χ1v) is 11.0. The van der Waals surface area contributed by atoms with Crippen molar-refractivity contribution in [2.24, 2.45) is 0 Å². The Morgan fingerprint density at radius 1 is 1.06 bits per heavy atom. The number of rotatable bonds is 6. The average Bonchev–Trinajstić information content (AvgIpc) is 3.20. The van der Waals surface area contributed by atoms with Crippen molar-refractivity contribution in [2.45, 2.75) is 45.8 Å². The van der Waals surface area contributed by atoms with Crippen molar-refractivity contribution in [3.8, 4) is 11.5 Å². The van der Waals surface area contributed by atoms with E-state index in [0.717, 1.165) is 0 Å². The summed E-state index contributed by atoms with van der Waals surface area (Å²) in [5.74, 6) is 0.649. The number of hydrogen-bond acceptors (Lipinski definition) is 5. The highest BCUT2D eigenvalue weighted by Crippen LogP contribution is 2.32. The van der Waals surface area contributed by atoms with Gasteiger partial charge < -0.3 is 19.7 Å². The monoisotopic (exact) mass is 453 g/mol. The van der Waals surface area contributed by atoms with E-state index in [1.54, 1.807) is 43.9 Å². The smallest absolute Gasteiger partial charge is 0.407 e. The number of ether oxygens (including phenoxy) is 2. The van der Waals surface area contributed by atoms with Gasteiger partial charge >= 0.3 is 6.09 Å². The molecule has 2 aromatic rings. The summed E-state index contributed by atoms with van der Waals surface area (Å²) in [7, 11) is 0. The van der Waals surface area contributed by atoms with Crippen molar-refractivity contribution in [1.82, 2.24) is 10.2 Å². The summed E-state index contributed by atoms with van der Waals surface area (Å²) in [4.78, 5) is 40.6. The number of alkyl carbamates (subject to hydrolysis) is 1. The second kappa shape index (κ2) is 10.4. The van der Waals surface area contributed by atoms with Crippen LogP contribution in [-0.4, -0.2) is 54.1 Å². The van der Waals surface area contributed by atoms with Gasteiger partial charge in [0.1, 0.15) is 17.9 Å². The van der Waals surface area contributed by atoms with E-state index in [0.29, 0.717) is 36.7 Å². The molecule has 1 unspecified atom stereocenters. The maximum Gasteiger partial charge on any atom is 0.407 e. The summed E-state index contributed by atoms with van der Waals surface area (Å²) in [5, 5.41) is 2.81. The van der Waals surface area contributed by atoms with Gasteiger partial charge in [0.25, 0.3) is 0 Å². The number of nitrogens with one attached hydrogen (secondary N) is 1. The van der Waals surface area contributed by atoms with E-state index in [1.165, 1.54) is 11.8 Å². The van der Waals surface area contributed by atoms with Gasteiger partial charge in [0.05, 0.1) is 11.7 Å². The average molecular weight is 454 g/mol. The first kappa shape index (κ1) is 24.1. The van der Waals surface area contributed by atoms with Gasteiger partial charge in [0.2, 0.25) is 11.8 Å². The molecule has 1 aliphatic heterocycles. The van der Waals surface area contributed by atoms with Gasteiger partial charge in [0, 0.05) is 20.0 Å². The first-order chi connectivity index (χ1) is 15.6. The van der Waals surface area contributed by atoms with Gasteiger partial charge in [-0.3, -0.25) is 14.5 Å². The Kier molecular flexibility index (Phi) is 7.58. The van der Waals surface area contributed by atoms with Crippen molar-refractivity contribution in [1.29, 1.82) is 0 Å². The van der Waals surface area contributed by atoms with Crippen LogP contribution >= 0.6 is 0 Å². The molecule has 3 amide bonds. The summed E-state index contributed by atoms with van der Waals surface area (Å²) >= 11 is 0. The zero-order valence-corrected chi connectivity index (χ0v) is 19.5. The predicted molar refractivity (Wildman–Crippen MR) is 125 cm³/mol. The Morgan fingerprint density at radius 3 is 2.39 bits per heavy atom. The van der Waals surface area contributed by atoms with Crippen LogP contribution in [0.1, 0.15) is 34.1 Å². The largest absolute Gasteiger partial charge is 0.455 e. The molecule has 0 bridgehead atoms. The lowest BCUT2D eigenvalue weighted by molar-refractivity contribution is -0.130. The second-order valence-corrected chi connectivity index (χ2v) is 8.96. The maximum atomic E-state index is 13.0. The van der Waals surface area contributed by atoms with Gasteiger partial charge in [-0.05, 0) is 51.5 Å². The van der Waals surface area contributed by atoms with E-state index in [9.17, 15) is 14.4 Å². The zero-order chi connectivity index (χ0) is 24.0. The minimum atomic E-state index is -0.588. The van der Waals surface area contributed by atoms with Crippen molar-refractivity contribution in [3.05, 3.63) is 54.6 Å². The summed E-state index contributed by atoms with van der Waals surface area (Å²) in [6, 6.07) is 16.2. The van der Waals surface area contributed by atoms with Crippen LogP contribution in [0, 0.1) is 0 Å². The Balaban J connectivity index is 1.66. The zero-order valence-electron chi connectivity index (χ0n) is 19.5. The number of anilines is 1. The normalized spacial score (nSPS) is 15.6. The topological polar surface area (TPSA) is 88.2 Å². The number of para-hydroxylation sites is 3. The summed E-state index contributed by atoms with van der Waals surface area (Å²) in [6.07, 6.45) is 0.123. The van der Waals surface area contributed by atoms with E-state index < -0.39 is 11.7 Å². The van der Waals surface area contributed by atoms with Crippen LogP contribution in [0.5, 0.6) is 11.5 Å². The van der Waals surface area contributed by atoms with E-state index in [4.69, 9.17) is 9.47 Å². The molecule has 1 heterocycles. The summed E-state index contributed by atoms with van der Waals surface area (Å²) in [5.41, 5.74) is -0.0695. The van der Waals surface area contributed by atoms with E-state index >= 15 is 0 Å². The molecule has 3 rings (SSSR count). The highest BCUT2D eigenvalue weighted by atomic mass is 16.6. The molecule has 2 aromatic carbocycles. The van der Waals surface area contributed by atoms with Gasteiger partial charge in [-0.1, -0.05) is 30.3 Å². The van der Waals surface area contributed by atoms with E-state index in [2.05, 4.69) is 5.32 Å². The van der Waals surface area contributed by atoms with Crippen LogP contribution in [0.4, 0.5) is 10.5 Å². The maximum absolute atomic E-state index is 13.0. The number of hydrogen-bond donors (Lipinski definition) is 1. The van der Waals surface area contributed by atoms with Crippen LogP contribution in [0.3, 0.4) is 0 Å². The number of likely N-dealkylation sites (tertiary alicyclic amines) is 1. The molecule has 1 N–H and O–H groups in total. The molecule has 0 spiro atoms. The first-order valence-electron chi connectivity index (χ1n) is 11.0. The van der Waals surface area contributed by atoms with Crippen molar-refractivity contribution in [2.75, 3.05) is 24.5 Å². The Labute approximate surface area is 194 Å². The fourth-order valence-electron chi connectivity index (χ4n) is 3.56. The molecule has 176 valence electrons. The number of carbonyl (C=O) groups excluding carboxylic acids is 3. The van der Waals surface area contributed by atoms with E-state index in [1.807, 2.05) is 36.4 Å². The molecular formula is C25H31N3O5. The van der Waals surface area contributed by atoms with Crippen LogP contribution in [-0.2, 0) is 14.3 Å². The highest BCUT2D eigenvalue weighted by molar-refractivity contribution is 5.98. The van der Waals surface area contributed by atoms with Crippen molar-refractivity contribution >= 4 is 23.6 Å². The predicted octanol–water partition coefficient (Wildman–Crippen LogP) is 3.96. The van der Waals surface area contributed by atoms with E-state index in [-0.39, 0.29) is 24.4 Å². The number of amides is 3. The van der Waals surface area contributed by atoms with Crippen molar-refractivity contribution < 1.29 is 23.9 Å². The molecule has 1 atom stereocenters. The van der Waals surface area contributed by atoms with Crippen LogP contribution in [0.2, 0.25) is 0 Å². The molecule has 0 radical (unpaired) electrons. The third-order valence-corrected chi connectivity index (χ3v) is 5.06. The summed E-state index contributed by atoms with van der Waals surface area (Å²) < 4.78 is 11.3. The molecule has 8 heteroatoms. The molecule has 1 aliphatic rings. The highest BCUT2D eigenvalue weighted by Gasteiger charge is 2.30. The SMILES string of the molecule is CC(=O)N(CC(=O)N1CCC(NC(=O)OC(C)(C)C)C1)c1ccccc1Oc1ccccc1. The molecule has 0 aliphatic carbocycles. The van der Waals surface area contributed by atoms with Crippen LogP contribution in [0.25, 0.3) is 0 Å². The number of carbonyl (C=O) groups is 3. The van der Waals surface area contributed by atoms with Gasteiger partial charge in [-0.15, -0.1) is 0 Å². The lowest BCUT2D eigenvalue weighted by Gasteiger charge is -2.26. The van der Waals surface area contributed by atoms with Gasteiger partial charge in [0.15, 0.2) is 5.75 Å². The van der Waals surface area contributed by atoms with Crippen LogP contribution in [0.15, 0.2) is 54.6 Å². The molecule has 0 saturated carbocycles. The van der Waals surface area contributed by atoms with Gasteiger partial charge in [-0.25, -0.2) is 4.79 Å². The molecule has 1 fully saturated rings. The standard InChI is InChI=1S/C25H31N3O5/c1-18(29)28(21-12-8-9-13-22(21)32-20-10-6-5-7-11-20)17-23(30)27-15-14-19(16-27)26-24(31)33-25(2,3)4/h5-13,19H,14-17H2,1-4H3,(H,26,31). The fraction of sp³-hybridized carbons (Fsp3) is 0.400. The Bertz CT molecular complexity index is 987. The minimum absolute atomic E-state index is 0.121. The molecule has 33 heavy (non-hydrogen) atoms. The summed E-state index contributed by atoms with van der Waals surface area (Å²) in [6.45, 7) is 7.55. The minimum Gasteiger partial charge on any atom is -0.455 e. The number of nitrogens with zero attached hydrogens (tertiary/aromatic N) is 2. The van der Waals surface area contributed by atoms with Crippen LogP contribution < -0.4 is 15.0 Å². The Hall–Kier alpha value is -3.55. The molecule has 8 nitrogen and oxygen atoms in total. The molecule has 0 aromatic heterocycles. The molecule has 1 saturated heterocycles. The third kappa shape index (κ3) is 6.97. The van der Waals surface area contributed by atoms with Gasteiger partial charge in [-0.2, -0.15) is 0 Å². The third-order valence-electron chi connectivity index (χ3n) is 5.06. The van der Waals surface area contributed by atoms with Crippen molar-refractivity contribution in [3.63, 3.8) is 0 Å². The lowest BCUT2D eigenvalue weighted by atomic mass is 10.2. The number of benzene rings is 2. The Morgan fingerprint density at radius 2 is 1.73 bits per heavy atom.